The molecule has 0 spiro atoms. The molecular weight excluding hydrogens is 504 g/mol. The van der Waals surface area contributed by atoms with Gasteiger partial charge in [-0.05, 0) is 49.6 Å². The normalized spacial score (nSPS) is 18.7. The van der Waals surface area contributed by atoms with Gasteiger partial charge in [0, 0.05) is 75.5 Å². The molecule has 208 valence electrons. The Balaban J connectivity index is 1.36. The van der Waals surface area contributed by atoms with Crippen molar-refractivity contribution in [2.45, 2.75) is 32.1 Å². The van der Waals surface area contributed by atoms with Crippen LogP contribution in [-0.2, 0) is 4.79 Å². The molecule has 2 heterocycles. The van der Waals surface area contributed by atoms with Gasteiger partial charge in [-0.1, -0.05) is 12.8 Å². The molecule has 2 saturated heterocycles. The van der Waals surface area contributed by atoms with Gasteiger partial charge in [0.15, 0.2) is 0 Å². The number of halogens is 2. The SMILES string of the molecule is O=C(Nc1cc(C(=O)N2CCNCC2)ccc1N1CCCN(C(=O)c2cc(F)cc(F)c2)CC1)C1CCCC1. The van der Waals surface area contributed by atoms with Crippen molar-refractivity contribution in [3.8, 4) is 0 Å². The summed E-state index contributed by atoms with van der Waals surface area (Å²) in [4.78, 5) is 44.8. The molecule has 2 N–H and O–H groups in total. The third-order valence-electron chi connectivity index (χ3n) is 7.86. The predicted molar refractivity (Wildman–Crippen MR) is 145 cm³/mol. The lowest BCUT2D eigenvalue weighted by molar-refractivity contribution is -0.119. The van der Waals surface area contributed by atoms with Crippen molar-refractivity contribution in [2.75, 3.05) is 62.6 Å². The van der Waals surface area contributed by atoms with Crippen LogP contribution in [0.3, 0.4) is 0 Å². The fraction of sp³-hybridized carbons (Fsp3) is 0.483. The average molecular weight is 540 g/mol. The molecule has 1 saturated carbocycles. The Bertz CT molecular complexity index is 1210. The highest BCUT2D eigenvalue weighted by molar-refractivity contribution is 6.00. The molecule has 0 bridgehead atoms. The van der Waals surface area contributed by atoms with Crippen molar-refractivity contribution in [3.63, 3.8) is 0 Å². The number of carbonyl (C=O) groups is 3. The lowest BCUT2D eigenvalue weighted by atomic mass is 10.1. The topological polar surface area (TPSA) is 85.0 Å². The summed E-state index contributed by atoms with van der Waals surface area (Å²) in [5.41, 5.74) is 1.91. The average Bonchev–Trinajstić information content (AvgIpc) is 3.38. The summed E-state index contributed by atoms with van der Waals surface area (Å²) >= 11 is 0. The van der Waals surface area contributed by atoms with Crippen molar-refractivity contribution in [3.05, 3.63) is 59.2 Å². The number of rotatable bonds is 5. The second-order valence-electron chi connectivity index (χ2n) is 10.5. The Hall–Kier alpha value is -3.53. The fourth-order valence-electron chi connectivity index (χ4n) is 5.74. The van der Waals surface area contributed by atoms with Crippen LogP contribution in [0.25, 0.3) is 0 Å². The molecule has 2 aromatic rings. The molecule has 0 aromatic heterocycles. The molecule has 3 amide bonds. The zero-order valence-corrected chi connectivity index (χ0v) is 22.1. The van der Waals surface area contributed by atoms with Gasteiger partial charge >= 0.3 is 0 Å². The maximum absolute atomic E-state index is 13.7. The number of hydrogen-bond acceptors (Lipinski definition) is 5. The fourth-order valence-corrected chi connectivity index (χ4v) is 5.74. The van der Waals surface area contributed by atoms with Gasteiger partial charge in [0.25, 0.3) is 11.8 Å². The van der Waals surface area contributed by atoms with E-state index in [0.29, 0.717) is 56.9 Å². The first-order valence-corrected chi connectivity index (χ1v) is 13.8. The molecule has 2 aliphatic heterocycles. The molecule has 39 heavy (non-hydrogen) atoms. The maximum atomic E-state index is 13.7. The Kier molecular flexibility index (Phi) is 8.40. The molecule has 0 unspecified atom stereocenters. The van der Waals surface area contributed by atoms with E-state index in [1.54, 1.807) is 17.0 Å². The van der Waals surface area contributed by atoms with Crippen LogP contribution in [0.1, 0.15) is 52.8 Å². The molecule has 1 aliphatic carbocycles. The highest BCUT2D eigenvalue weighted by Crippen LogP contribution is 2.32. The van der Waals surface area contributed by atoms with Crippen LogP contribution in [0, 0.1) is 17.6 Å². The quantitative estimate of drug-likeness (QED) is 0.608. The van der Waals surface area contributed by atoms with E-state index in [2.05, 4.69) is 15.5 Å². The van der Waals surface area contributed by atoms with E-state index in [0.717, 1.165) is 62.7 Å². The van der Waals surface area contributed by atoms with E-state index < -0.39 is 17.5 Å². The van der Waals surface area contributed by atoms with E-state index in [-0.39, 0.29) is 23.3 Å². The minimum atomic E-state index is -0.784. The predicted octanol–water partition coefficient (Wildman–Crippen LogP) is 3.49. The molecule has 3 aliphatic rings. The van der Waals surface area contributed by atoms with Crippen LogP contribution in [0.4, 0.5) is 20.2 Å². The molecule has 5 rings (SSSR count). The Morgan fingerprint density at radius 1 is 0.744 bits per heavy atom. The first kappa shape index (κ1) is 27.1. The number of benzene rings is 2. The third kappa shape index (κ3) is 6.38. The summed E-state index contributed by atoms with van der Waals surface area (Å²) in [6, 6.07) is 8.31. The number of anilines is 2. The van der Waals surface area contributed by atoms with Crippen LogP contribution in [0.2, 0.25) is 0 Å². The Morgan fingerprint density at radius 2 is 1.41 bits per heavy atom. The van der Waals surface area contributed by atoms with E-state index in [9.17, 15) is 23.2 Å². The zero-order valence-electron chi connectivity index (χ0n) is 22.1. The van der Waals surface area contributed by atoms with Gasteiger partial charge in [0.2, 0.25) is 5.91 Å². The summed E-state index contributed by atoms with van der Waals surface area (Å²) in [5, 5.41) is 6.37. The van der Waals surface area contributed by atoms with E-state index in [1.807, 2.05) is 11.0 Å². The van der Waals surface area contributed by atoms with Crippen molar-refractivity contribution < 1.29 is 23.2 Å². The number of carbonyl (C=O) groups excluding carboxylic acids is 3. The summed E-state index contributed by atoms with van der Waals surface area (Å²) in [6.07, 6.45) is 4.44. The van der Waals surface area contributed by atoms with Gasteiger partial charge in [-0.25, -0.2) is 8.78 Å². The summed E-state index contributed by atoms with van der Waals surface area (Å²) in [7, 11) is 0. The van der Waals surface area contributed by atoms with Crippen LogP contribution < -0.4 is 15.5 Å². The van der Waals surface area contributed by atoms with Gasteiger partial charge in [-0.3, -0.25) is 14.4 Å². The van der Waals surface area contributed by atoms with Crippen LogP contribution in [0.5, 0.6) is 0 Å². The smallest absolute Gasteiger partial charge is 0.254 e. The monoisotopic (exact) mass is 539 g/mol. The number of nitrogens with one attached hydrogen (secondary N) is 2. The lowest BCUT2D eigenvalue weighted by Gasteiger charge is -2.29. The highest BCUT2D eigenvalue weighted by atomic mass is 19.1. The largest absolute Gasteiger partial charge is 0.368 e. The van der Waals surface area contributed by atoms with Gasteiger partial charge in [0.1, 0.15) is 11.6 Å². The number of piperazine rings is 1. The second-order valence-corrected chi connectivity index (χ2v) is 10.5. The molecule has 3 fully saturated rings. The zero-order chi connectivity index (χ0) is 27.4. The molecular formula is C29H35F2N5O3. The van der Waals surface area contributed by atoms with Crippen LogP contribution >= 0.6 is 0 Å². The van der Waals surface area contributed by atoms with E-state index in [1.165, 1.54) is 0 Å². The first-order valence-electron chi connectivity index (χ1n) is 13.8. The van der Waals surface area contributed by atoms with Crippen LogP contribution in [0.15, 0.2) is 36.4 Å². The Labute approximate surface area is 227 Å². The summed E-state index contributed by atoms with van der Waals surface area (Å²) in [5.74, 6) is -2.10. The molecule has 8 nitrogen and oxygen atoms in total. The molecule has 10 heteroatoms. The van der Waals surface area contributed by atoms with E-state index >= 15 is 0 Å². The third-order valence-corrected chi connectivity index (χ3v) is 7.86. The van der Waals surface area contributed by atoms with Crippen molar-refractivity contribution in [1.29, 1.82) is 0 Å². The molecule has 0 atom stereocenters. The standard InChI is InChI=1S/C29H35F2N5O3/c30-23-16-22(17-24(31)19-23)29(39)35-11-3-10-34(14-15-35)26-7-6-21(28(38)36-12-8-32-9-13-36)18-25(26)33-27(37)20-4-1-2-5-20/h6-7,16-20,32H,1-5,8-15H2,(H,33,37). The second kappa shape index (κ2) is 12.1. The molecule has 2 aromatic carbocycles. The maximum Gasteiger partial charge on any atom is 0.254 e. The van der Waals surface area contributed by atoms with Crippen molar-refractivity contribution in [2.24, 2.45) is 5.92 Å². The number of nitrogens with zero attached hydrogens (tertiary/aromatic N) is 3. The highest BCUT2D eigenvalue weighted by Gasteiger charge is 2.27. The van der Waals surface area contributed by atoms with Gasteiger partial charge < -0.3 is 25.3 Å². The van der Waals surface area contributed by atoms with Crippen LogP contribution in [-0.4, -0.2) is 79.9 Å². The lowest BCUT2D eigenvalue weighted by Crippen LogP contribution is -2.46. The molecule has 0 radical (unpaired) electrons. The first-order chi connectivity index (χ1) is 18.9. The van der Waals surface area contributed by atoms with E-state index in [4.69, 9.17) is 0 Å². The Morgan fingerprint density at radius 3 is 2.13 bits per heavy atom. The van der Waals surface area contributed by atoms with Gasteiger partial charge in [-0.15, -0.1) is 0 Å². The van der Waals surface area contributed by atoms with Crippen molar-refractivity contribution >= 4 is 29.1 Å². The number of hydrogen-bond donors (Lipinski definition) is 2. The van der Waals surface area contributed by atoms with Gasteiger partial charge in [-0.2, -0.15) is 0 Å². The van der Waals surface area contributed by atoms with Gasteiger partial charge in [0.05, 0.1) is 11.4 Å². The minimum absolute atomic E-state index is 0.0127. The number of amides is 3. The summed E-state index contributed by atoms with van der Waals surface area (Å²) < 4.78 is 27.4. The summed E-state index contributed by atoms with van der Waals surface area (Å²) in [6.45, 7) is 4.66. The minimum Gasteiger partial charge on any atom is -0.368 e. The van der Waals surface area contributed by atoms with Crippen molar-refractivity contribution in [1.82, 2.24) is 15.1 Å².